The molecule has 0 saturated carbocycles. The molecule has 130 valence electrons. The summed E-state index contributed by atoms with van der Waals surface area (Å²) in [6, 6.07) is 11.1. The predicted octanol–water partition coefficient (Wildman–Crippen LogP) is 3.09. The van der Waals surface area contributed by atoms with E-state index in [1.165, 1.54) is 32.4 Å². The average Bonchev–Trinajstić information content (AvgIpc) is 2.60. The molecule has 0 heterocycles. The molecule has 7 heteroatoms. The van der Waals surface area contributed by atoms with Crippen LogP contribution in [0.5, 0.6) is 0 Å². The number of rotatable bonds is 5. The summed E-state index contributed by atoms with van der Waals surface area (Å²) in [5.41, 5.74) is 1.22. The van der Waals surface area contributed by atoms with Crippen LogP contribution >= 0.6 is 11.6 Å². The molecule has 0 fully saturated rings. The van der Waals surface area contributed by atoms with Gasteiger partial charge in [-0.05, 0) is 35.9 Å². The predicted molar refractivity (Wildman–Crippen MR) is 92.9 cm³/mol. The van der Waals surface area contributed by atoms with E-state index >= 15 is 0 Å². The van der Waals surface area contributed by atoms with Crippen LogP contribution in [0.2, 0.25) is 5.02 Å². The van der Waals surface area contributed by atoms with E-state index in [1.807, 2.05) is 0 Å². The van der Waals surface area contributed by atoms with Crippen LogP contribution in [0, 0.1) is 0 Å². The third-order valence-corrected chi connectivity index (χ3v) is 3.61. The Hall–Kier alpha value is -2.86. The Labute approximate surface area is 149 Å². The Balaban J connectivity index is 2.27. The third-order valence-electron chi connectivity index (χ3n) is 3.37. The lowest BCUT2D eigenvalue weighted by Crippen LogP contribution is -2.18. The maximum atomic E-state index is 12.3. The Morgan fingerprint density at radius 1 is 1.00 bits per heavy atom. The highest BCUT2D eigenvalue weighted by Gasteiger charge is 2.17. The van der Waals surface area contributed by atoms with Gasteiger partial charge in [-0.1, -0.05) is 23.7 Å². The quantitative estimate of drug-likeness (QED) is 0.827. The fourth-order valence-corrected chi connectivity index (χ4v) is 2.42. The van der Waals surface area contributed by atoms with Crippen molar-refractivity contribution in [2.45, 2.75) is 6.42 Å². The van der Waals surface area contributed by atoms with E-state index in [-0.39, 0.29) is 29.1 Å². The molecule has 1 N–H and O–H groups in total. The number of nitrogens with one attached hydrogen (secondary N) is 1. The number of halogens is 1. The number of anilines is 1. The van der Waals surface area contributed by atoms with E-state index in [4.69, 9.17) is 16.3 Å². The summed E-state index contributed by atoms with van der Waals surface area (Å²) >= 11 is 5.90. The largest absolute Gasteiger partial charge is 0.465 e. The smallest absolute Gasteiger partial charge is 0.339 e. The van der Waals surface area contributed by atoms with E-state index in [0.29, 0.717) is 10.6 Å². The molecule has 0 aromatic heterocycles. The first-order chi connectivity index (χ1) is 11.9. The SMILES string of the molecule is COC(=O)c1ccc(C(=O)OC)c(NC(=O)Cc2cccc(Cl)c2)c1. The van der Waals surface area contributed by atoms with Crippen molar-refractivity contribution >= 4 is 35.1 Å². The van der Waals surface area contributed by atoms with Crippen molar-refractivity contribution in [1.29, 1.82) is 0 Å². The zero-order valence-electron chi connectivity index (χ0n) is 13.7. The van der Waals surface area contributed by atoms with E-state index in [0.717, 1.165) is 0 Å². The summed E-state index contributed by atoms with van der Waals surface area (Å²) in [5.74, 6) is -1.58. The molecule has 0 aliphatic rings. The van der Waals surface area contributed by atoms with Gasteiger partial charge in [-0.15, -0.1) is 0 Å². The minimum atomic E-state index is -0.630. The minimum Gasteiger partial charge on any atom is -0.465 e. The van der Waals surface area contributed by atoms with Gasteiger partial charge in [0.15, 0.2) is 0 Å². The molecule has 25 heavy (non-hydrogen) atoms. The number of hydrogen-bond acceptors (Lipinski definition) is 5. The molecule has 0 atom stereocenters. The third kappa shape index (κ3) is 4.81. The topological polar surface area (TPSA) is 81.7 Å². The molecular formula is C18H16ClNO5. The number of amides is 1. The summed E-state index contributed by atoms with van der Waals surface area (Å²) in [6.45, 7) is 0. The highest BCUT2D eigenvalue weighted by Crippen LogP contribution is 2.20. The van der Waals surface area contributed by atoms with Crippen molar-refractivity contribution in [3.8, 4) is 0 Å². The monoisotopic (exact) mass is 361 g/mol. The number of methoxy groups -OCH3 is 2. The first-order valence-electron chi connectivity index (χ1n) is 7.29. The molecule has 0 bridgehead atoms. The van der Waals surface area contributed by atoms with Gasteiger partial charge in [0.2, 0.25) is 5.91 Å². The van der Waals surface area contributed by atoms with Crippen molar-refractivity contribution in [3.05, 3.63) is 64.2 Å². The first-order valence-corrected chi connectivity index (χ1v) is 7.67. The molecule has 0 spiro atoms. The van der Waals surface area contributed by atoms with Crippen LogP contribution < -0.4 is 5.32 Å². The van der Waals surface area contributed by atoms with Crippen LogP contribution in [0.3, 0.4) is 0 Å². The maximum Gasteiger partial charge on any atom is 0.339 e. The fraction of sp³-hybridized carbons (Fsp3) is 0.167. The van der Waals surface area contributed by atoms with Crippen LogP contribution in [-0.2, 0) is 20.7 Å². The average molecular weight is 362 g/mol. The molecule has 0 radical (unpaired) electrons. The standard InChI is InChI=1S/C18H16ClNO5/c1-24-17(22)12-6-7-14(18(23)25-2)15(10-12)20-16(21)9-11-4-3-5-13(19)8-11/h3-8,10H,9H2,1-2H3,(H,20,21). The van der Waals surface area contributed by atoms with Crippen LogP contribution in [0.4, 0.5) is 5.69 Å². The van der Waals surface area contributed by atoms with Crippen LogP contribution in [-0.4, -0.2) is 32.1 Å². The van der Waals surface area contributed by atoms with E-state index in [1.54, 1.807) is 24.3 Å². The molecule has 2 rings (SSSR count). The van der Waals surface area contributed by atoms with Crippen LogP contribution in [0.25, 0.3) is 0 Å². The van der Waals surface area contributed by atoms with Crippen molar-refractivity contribution in [1.82, 2.24) is 0 Å². The van der Waals surface area contributed by atoms with Gasteiger partial charge in [-0.2, -0.15) is 0 Å². The van der Waals surface area contributed by atoms with Gasteiger partial charge in [0.05, 0.1) is 37.5 Å². The lowest BCUT2D eigenvalue weighted by molar-refractivity contribution is -0.115. The van der Waals surface area contributed by atoms with Crippen LogP contribution in [0.15, 0.2) is 42.5 Å². The second-order valence-electron chi connectivity index (χ2n) is 5.10. The molecule has 0 saturated heterocycles. The number of esters is 2. The molecule has 0 unspecified atom stereocenters. The Bertz CT molecular complexity index is 819. The van der Waals surface area contributed by atoms with E-state index in [2.05, 4.69) is 10.1 Å². The van der Waals surface area contributed by atoms with Gasteiger partial charge < -0.3 is 14.8 Å². The fourth-order valence-electron chi connectivity index (χ4n) is 2.21. The number of ether oxygens (including phenoxy) is 2. The Morgan fingerprint density at radius 2 is 1.72 bits per heavy atom. The number of benzene rings is 2. The number of hydrogen-bond donors (Lipinski definition) is 1. The van der Waals surface area contributed by atoms with Crippen molar-refractivity contribution in [2.75, 3.05) is 19.5 Å². The number of carbonyl (C=O) groups is 3. The minimum absolute atomic E-state index is 0.0592. The molecule has 0 aliphatic carbocycles. The number of carbonyl (C=O) groups excluding carboxylic acids is 3. The normalized spacial score (nSPS) is 10.0. The zero-order chi connectivity index (χ0) is 18.4. The molecule has 2 aromatic carbocycles. The van der Waals surface area contributed by atoms with Gasteiger partial charge in [-0.25, -0.2) is 9.59 Å². The van der Waals surface area contributed by atoms with E-state index in [9.17, 15) is 14.4 Å². The highest BCUT2D eigenvalue weighted by atomic mass is 35.5. The second-order valence-corrected chi connectivity index (χ2v) is 5.53. The summed E-state index contributed by atoms with van der Waals surface area (Å²) in [4.78, 5) is 35.8. The first kappa shape index (κ1) is 18.5. The Morgan fingerprint density at radius 3 is 2.36 bits per heavy atom. The lowest BCUT2D eigenvalue weighted by Gasteiger charge is -2.11. The van der Waals surface area contributed by atoms with Gasteiger partial charge in [0.1, 0.15) is 0 Å². The van der Waals surface area contributed by atoms with Crippen molar-refractivity contribution < 1.29 is 23.9 Å². The maximum absolute atomic E-state index is 12.3. The molecule has 6 nitrogen and oxygen atoms in total. The van der Waals surface area contributed by atoms with Gasteiger partial charge >= 0.3 is 11.9 Å². The summed E-state index contributed by atoms with van der Waals surface area (Å²) in [6.07, 6.45) is 0.0592. The summed E-state index contributed by atoms with van der Waals surface area (Å²) in [7, 11) is 2.47. The molecule has 2 aromatic rings. The van der Waals surface area contributed by atoms with Gasteiger partial charge in [0, 0.05) is 5.02 Å². The zero-order valence-corrected chi connectivity index (χ0v) is 14.4. The lowest BCUT2D eigenvalue weighted by atomic mass is 10.1. The molecule has 1 amide bonds. The second kappa shape index (κ2) is 8.30. The van der Waals surface area contributed by atoms with Crippen molar-refractivity contribution in [2.24, 2.45) is 0 Å². The van der Waals surface area contributed by atoms with E-state index < -0.39 is 11.9 Å². The summed E-state index contributed by atoms with van der Waals surface area (Å²) < 4.78 is 9.34. The van der Waals surface area contributed by atoms with Gasteiger partial charge in [-0.3, -0.25) is 4.79 Å². The van der Waals surface area contributed by atoms with Crippen molar-refractivity contribution in [3.63, 3.8) is 0 Å². The highest BCUT2D eigenvalue weighted by molar-refractivity contribution is 6.30. The van der Waals surface area contributed by atoms with Gasteiger partial charge in [0.25, 0.3) is 0 Å². The van der Waals surface area contributed by atoms with Crippen LogP contribution in [0.1, 0.15) is 26.3 Å². The summed E-state index contributed by atoms with van der Waals surface area (Å²) in [5, 5.41) is 3.14. The molecule has 0 aliphatic heterocycles. The molecular weight excluding hydrogens is 346 g/mol. The Kier molecular flexibility index (Phi) is 6.14.